The predicted molar refractivity (Wildman–Crippen MR) is 99.6 cm³/mol. The molecule has 0 aromatic heterocycles. The lowest BCUT2D eigenvalue weighted by Crippen LogP contribution is -2.31. The predicted octanol–water partition coefficient (Wildman–Crippen LogP) is 5.35. The van der Waals surface area contributed by atoms with E-state index in [1.807, 2.05) is 6.07 Å². The standard InChI is InChI=1S/C22H17NO/c1-2-8-20(9-3-1)23-14-19-11-10-18-12-16-6-4-5-7-17(16)13-21(18)22(19)24-15-23/h1-13H,14-15H2. The van der Waals surface area contributed by atoms with Crippen LogP contribution < -0.4 is 9.64 Å². The Labute approximate surface area is 140 Å². The molecule has 116 valence electrons. The maximum absolute atomic E-state index is 6.18. The SMILES string of the molecule is c1ccc(N2COc3c(ccc4cc5ccccc5cc34)C2)cc1. The molecule has 0 fully saturated rings. The van der Waals surface area contributed by atoms with Crippen LogP contribution in [-0.2, 0) is 6.54 Å². The first-order valence-corrected chi connectivity index (χ1v) is 8.26. The van der Waals surface area contributed by atoms with Gasteiger partial charge in [0.2, 0.25) is 0 Å². The van der Waals surface area contributed by atoms with Crippen molar-refractivity contribution < 1.29 is 4.74 Å². The van der Waals surface area contributed by atoms with Crippen molar-refractivity contribution in [3.05, 3.63) is 84.4 Å². The Morgan fingerprint density at radius 3 is 2.29 bits per heavy atom. The largest absolute Gasteiger partial charge is 0.472 e. The van der Waals surface area contributed by atoms with E-state index >= 15 is 0 Å². The van der Waals surface area contributed by atoms with E-state index in [9.17, 15) is 0 Å². The zero-order valence-electron chi connectivity index (χ0n) is 13.3. The van der Waals surface area contributed by atoms with Gasteiger partial charge in [-0.25, -0.2) is 0 Å². The first-order chi connectivity index (χ1) is 11.9. The molecule has 0 bridgehead atoms. The molecule has 2 heteroatoms. The van der Waals surface area contributed by atoms with E-state index in [4.69, 9.17) is 4.74 Å². The van der Waals surface area contributed by atoms with Crippen molar-refractivity contribution in [3.63, 3.8) is 0 Å². The van der Waals surface area contributed by atoms with Crippen LogP contribution in [0.5, 0.6) is 5.75 Å². The van der Waals surface area contributed by atoms with E-state index in [0.29, 0.717) is 6.73 Å². The number of fused-ring (bicyclic) bond motifs is 4. The second kappa shape index (κ2) is 5.27. The molecule has 5 rings (SSSR count). The number of hydrogen-bond acceptors (Lipinski definition) is 2. The summed E-state index contributed by atoms with van der Waals surface area (Å²) >= 11 is 0. The van der Waals surface area contributed by atoms with Gasteiger partial charge in [-0.15, -0.1) is 0 Å². The topological polar surface area (TPSA) is 12.5 Å². The minimum absolute atomic E-state index is 0.586. The molecule has 0 radical (unpaired) electrons. The van der Waals surface area contributed by atoms with Crippen molar-refractivity contribution >= 4 is 27.2 Å². The Morgan fingerprint density at radius 2 is 1.46 bits per heavy atom. The van der Waals surface area contributed by atoms with Crippen molar-refractivity contribution in [3.8, 4) is 5.75 Å². The first kappa shape index (κ1) is 13.4. The van der Waals surface area contributed by atoms with Gasteiger partial charge in [0.25, 0.3) is 0 Å². The smallest absolute Gasteiger partial charge is 0.161 e. The van der Waals surface area contributed by atoms with Crippen molar-refractivity contribution in [1.29, 1.82) is 0 Å². The van der Waals surface area contributed by atoms with Crippen LogP contribution in [0.3, 0.4) is 0 Å². The highest BCUT2D eigenvalue weighted by molar-refractivity contribution is 6.01. The third kappa shape index (κ3) is 2.11. The molecule has 0 spiro atoms. The molecule has 4 aromatic rings. The fraction of sp³-hybridized carbons (Fsp3) is 0.0909. The van der Waals surface area contributed by atoms with Crippen LogP contribution in [-0.4, -0.2) is 6.73 Å². The number of rotatable bonds is 1. The second-order valence-corrected chi connectivity index (χ2v) is 6.28. The number of hydrogen-bond donors (Lipinski definition) is 0. The van der Waals surface area contributed by atoms with E-state index in [1.165, 1.54) is 32.8 Å². The zero-order valence-corrected chi connectivity index (χ0v) is 13.3. The number of anilines is 1. The molecule has 0 unspecified atom stereocenters. The molecule has 0 amide bonds. The monoisotopic (exact) mass is 311 g/mol. The molecule has 0 aliphatic carbocycles. The molecule has 1 aliphatic rings. The van der Waals surface area contributed by atoms with E-state index < -0.39 is 0 Å². The summed E-state index contributed by atoms with van der Waals surface area (Å²) in [6, 6.07) is 27.8. The Kier molecular flexibility index (Phi) is 2.95. The summed E-state index contributed by atoms with van der Waals surface area (Å²) in [4.78, 5) is 2.26. The Hall–Kier alpha value is -3.00. The van der Waals surface area contributed by atoms with Gasteiger partial charge >= 0.3 is 0 Å². The summed E-state index contributed by atoms with van der Waals surface area (Å²) in [5.74, 6) is 1.03. The average molecular weight is 311 g/mol. The van der Waals surface area contributed by atoms with Crippen molar-refractivity contribution in [2.24, 2.45) is 0 Å². The first-order valence-electron chi connectivity index (χ1n) is 8.26. The van der Waals surface area contributed by atoms with Crippen LogP contribution in [0.1, 0.15) is 5.56 Å². The zero-order chi connectivity index (χ0) is 15.9. The number of ether oxygens (including phenoxy) is 1. The van der Waals surface area contributed by atoms with Crippen LogP contribution in [0, 0.1) is 0 Å². The molecule has 2 nitrogen and oxygen atoms in total. The van der Waals surface area contributed by atoms with Crippen LogP contribution in [0.15, 0.2) is 78.9 Å². The number of para-hydroxylation sites is 1. The molecule has 0 saturated heterocycles. The maximum atomic E-state index is 6.18. The van der Waals surface area contributed by atoms with Gasteiger partial charge in [0.1, 0.15) is 5.75 Å². The van der Waals surface area contributed by atoms with Gasteiger partial charge < -0.3 is 9.64 Å². The molecule has 4 aromatic carbocycles. The summed E-state index contributed by atoms with van der Waals surface area (Å²) in [6.45, 7) is 1.46. The lowest BCUT2D eigenvalue weighted by atomic mass is 9.99. The third-order valence-electron chi connectivity index (χ3n) is 4.77. The van der Waals surface area contributed by atoms with Crippen LogP contribution in [0.4, 0.5) is 5.69 Å². The van der Waals surface area contributed by atoms with Crippen molar-refractivity contribution in [2.75, 3.05) is 11.6 Å². The van der Waals surface area contributed by atoms with Gasteiger partial charge in [-0.2, -0.15) is 0 Å². The fourth-order valence-electron chi connectivity index (χ4n) is 3.52. The molecular formula is C22H17NO. The van der Waals surface area contributed by atoms with E-state index in [0.717, 1.165) is 12.3 Å². The van der Waals surface area contributed by atoms with Crippen molar-refractivity contribution in [1.82, 2.24) is 0 Å². The Balaban J connectivity index is 1.62. The van der Waals surface area contributed by atoms with E-state index in [-0.39, 0.29) is 0 Å². The van der Waals surface area contributed by atoms with Gasteiger partial charge in [-0.3, -0.25) is 0 Å². The van der Waals surface area contributed by atoms with Crippen LogP contribution >= 0.6 is 0 Å². The highest BCUT2D eigenvalue weighted by atomic mass is 16.5. The Morgan fingerprint density at radius 1 is 0.708 bits per heavy atom. The molecule has 1 aliphatic heterocycles. The number of benzene rings is 4. The number of nitrogens with zero attached hydrogens (tertiary/aromatic N) is 1. The second-order valence-electron chi connectivity index (χ2n) is 6.28. The van der Waals surface area contributed by atoms with Gasteiger partial charge in [0.05, 0.1) is 0 Å². The van der Waals surface area contributed by atoms with Gasteiger partial charge in [-0.05, 0) is 40.4 Å². The molecule has 0 saturated carbocycles. The lowest BCUT2D eigenvalue weighted by molar-refractivity contribution is 0.293. The molecule has 0 N–H and O–H groups in total. The summed E-state index contributed by atoms with van der Waals surface area (Å²) in [5, 5.41) is 4.97. The molecular weight excluding hydrogens is 294 g/mol. The molecule has 0 atom stereocenters. The van der Waals surface area contributed by atoms with Crippen LogP contribution in [0.2, 0.25) is 0 Å². The summed E-state index contributed by atoms with van der Waals surface area (Å²) in [7, 11) is 0. The fourth-order valence-corrected chi connectivity index (χ4v) is 3.52. The highest BCUT2D eigenvalue weighted by Gasteiger charge is 2.19. The van der Waals surface area contributed by atoms with Crippen molar-refractivity contribution in [2.45, 2.75) is 6.54 Å². The van der Waals surface area contributed by atoms with E-state index in [1.54, 1.807) is 0 Å². The van der Waals surface area contributed by atoms with Gasteiger partial charge in [0.15, 0.2) is 6.73 Å². The molecule has 24 heavy (non-hydrogen) atoms. The summed E-state index contributed by atoms with van der Waals surface area (Å²) in [6.07, 6.45) is 0. The maximum Gasteiger partial charge on any atom is 0.161 e. The third-order valence-corrected chi connectivity index (χ3v) is 4.77. The molecule has 1 heterocycles. The van der Waals surface area contributed by atoms with Crippen LogP contribution in [0.25, 0.3) is 21.5 Å². The quantitative estimate of drug-likeness (QED) is 0.439. The lowest BCUT2D eigenvalue weighted by Gasteiger charge is -2.31. The summed E-state index contributed by atoms with van der Waals surface area (Å²) < 4.78 is 6.18. The highest BCUT2D eigenvalue weighted by Crippen LogP contribution is 2.36. The van der Waals surface area contributed by atoms with Gasteiger partial charge in [-0.1, -0.05) is 54.6 Å². The normalized spacial score (nSPS) is 13.8. The van der Waals surface area contributed by atoms with Gasteiger partial charge in [0, 0.05) is 23.2 Å². The Bertz CT molecular complexity index is 1040. The minimum Gasteiger partial charge on any atom is -0.472 e. The average Bonchev–Trinajstić information content (AvgIpc) is 2.66. The van der Waals surface area contributed by atoms with E-state index in [2.05, 4.69) is 77.7 Å². The summed E-state index contributed by atoms with van der Waals surface area (Å²) in [5.41, 5.74) is 2.44. The minimum atomic E-state index is 0.586.